The molecule has 0 aliphatic carbocycles. The topological polar surface area (TPSA) is 51.2 Å². The first kappa shape index (κ1) is 17.1. The van der Waals surface area contributed by atoms with Crippen molar-refractivity contribution in [3.63, 3.8) is 0 Å². The van der Waals surface area contributed by atoms with Gasteiger partial charge >= 0.3 is 0 Å². The first-order valence-electron chi connectivity index (χ1n) is 5.99. The summed E-state index contributed by atoms with van der Waals surface area (Å²) in [7, 11) is -5.08. The smallest absolute Gasteiger partial charge is 0.200 e. The van der Waals surface area contributed by atoms with Crippen LogP contribution in [0.15, 0.2) is 35.2 Å². The van der Waals surface area contributed by atoms with Crippen LogP contribution < -0.4 is 0 Å². The molecule has 0 heterocycles. The van der Waals surface area contributed by atoms with Crippen molar-refractivity contribution in [2.24, 2.45) is 0 Å². The summed E-state index contributed by atoms with van der Waals surface area (Å²) in [4.78, 5) is 9.79. The average molecular weight is 350 g/mol. The Morgan fingerprint density at radius 2 is 1.22 bits per heavy atom. The van der Waals surface area contributed by atoms with Crippen LogP contribution in [0, 0.1) is 29.1 Å². The lowest BCUT2D eigenvalue weighted by Gasteiger charge is -2.09. The highest BCUT2D eigenvalue weighted by molar-refractivity contribution is 7.92. The summed E-state index contributed by atoms with van der Waals surface area (Å²) >= 11 is 0. The Kier molecular flexibility index (Phi) is 4.51. The molecule has 0 radical (unpaired) electrons. The molecule has 23 heavy (non-hydrogen) atoms. The Labute approximate surface area is 127 Å². The van der Waals surface area contributed by atoms with Crippen LogP contribution in [0.4, 0.5) is 22.0 Å². The fraction of sp³-hybridized carbons (Fsp3) is 0.0714. The molecule has 0 spiro atoms. The van der Waals surface area contributed by atoms with E-state index in [4.69, 9.17) is 0 Å². The number of rotatable bonds is 4. The molecule has 0 fully saturated rings. The molecule has 2 aromatic rings. The zero-order valence-corrected chi connectivity index (χ0v) is 11.9. The number of Topliss-reactive ketones (excluding diaryl/α,β-unsaturated/α-hetero) is 1. The normalized spacial score (nSPS) is 11.5. The summed E-state index contributed by atoms with van der Waals surface area (Å²) in [5.74, 6) is -14.7. The highest BCUT2D eigenvalue weighted by Gasteiger charge is 2.34. The van der Waals surface area contributed by atoms with E-state index in [2.05, 4.69) is 0 Å². The van der Waals surface area contributed by atoms with Crippen LogP contribution in [0.3, 0.4) is 0 Å². The van der Waals surface area contributed by atoms with Crippen LogP contribution >= 0.6 is 0 Å². The van der Waals surface area contributed by atoms with Crippen molar-refractivity contribution in [1.29, 1.82) is 0 Å². The molecule has 0 bridgehead atoms. The molecule has 0 atom stereocenters. The van der Waals surface area contributed by atoms with Gasteiger partial charge in [-0.2, -0.15) is 0 Å². The molecule has 3 nitrogen and oxygen atoms in total. The molecule has 0 aliphatic rings. The minimum atomic E-state index is -5.08. The van der Waals surface area contributed by atoms with Gasteiger partial charge in [0, 0.05) is 5.56 Å². The maximum atomic E-state index is 13.5. The van der Waals surface area contributed by atoms with Gasteiger partial charge in [-0.15, -0.1) is 0 Å². The Morgan fingerprint density at radius 1 is 0.783 bits per heavy atom. The molecular formula is C14H7F5O3S. The van der Waals surface area contributed by atoms with Crippen LogP contribution in [0.5, 0.6) is 0 Å². The molecule has 2 rings (SSSR count). The lowest BCUT2D eigenvalue weighted by molar-refractivity contribution is 0.102. The van der Waals surface area contributed by atoms with Crippen molar-refractivity contribution in [3.8, 4) is 0 Å². The molecule has 0 saturated carbocycles. The fourth-order valence-electron chi connectivity index (χ4n) is 1.81. The first-order chi connectivity index (χ1) is 10.7. The number of carbonyl (C=O) groups excluding carboxylic acids is 1. The molecule has 0 aromatic heterocycles. The van der Waals surface area contributed by atoms with Gasteiger partial charge in [0.25, 0.3) is 0 Å². The Balaban J connectivity index is 2.52. The number of benzene rings is 2. The zero-order chi connectivity index (χ0) is 17.4. The highest BCUT2D eigenvalue weighted by Crippen LogP contribution is 2.27. The molecule has 2 aromatic carbocycles. The van der Waals surface area contributed by atoms with E-state index in [1.54, 1.807) is 0 Å². The number of halogens is 5. The SMILES string of the molecule is O=C(CS(=O)(=O)c1c(F)c(F)c(F)c(F)c1F)c1ccccc1. The Bertz CT molecular complexity index is 850. The van der Waals surface area contributed by atoms with E-state index in [1.807, 2.05) is 0 Å². The number of carbonyl (C=O) groups is 1. The van der Waals surface area contributed by atoms with Gasteiger partial charge < -0.3 is 0 Å². The molecule has 122 valence electrons. The van der Waals surface area contributed by atoms with Crippen molar-refractivity contribution in [1.82, 2.24) is 0 Å². The van der Waals surface area contributed by atoms with Gasteiger partial charge in [-0.3, -0.25) is 4.79 Å². The van der Waals surface area contributed by atoms with E-state index in [1.165, 1.54) is 30.3 Å². The lowest BCUT2D eigenvalue weighted by atomic mass is 10.2. The fourth-order valence-corrected chi connectivity index (χ4v) is 3.19. The largest absolute Gasteiger partial charge is 0.293 e. The molecular weight excluding hydrogens is 343 g/mol. The van der Waals surface area contributed by atoms with Crippen molar-refractivity contribution >= 4 is 15.6 Å². The maximum absolute atomic E-state index is 13.5. The Hall–Kier alpha value is -2.29. The summed E-state index contributed by atoms with van der Waals surface area (Å²) in [6, 6.07) is 6.86. The molecule has 0 unspecified atom stereocenters. The van der Waals surface area contributed by atoms with Crippen LogP contribution in [0.2, 0.25) is 0 Å². The predicted molar refractivity (Wildman–Crippen MR) is 69.1 cm³/mol. The van der Waals surface area contributed by atoms with Crippen molar-refractivity contribution in [2.75, 3.05) is 5.75 Å². The predicted octanol–water partition coefficient (Wildman–Crippen LogP) is 3.04. The Morgan fingerprint density at radius 3 is 1.70 bits per heavy atom. The van der Waals surface area contributed by atoms with Crippen LogP contribution in [-0.4, -0.2) is 20.0 Å². The second kappa shape index (κ2) is 6.07. The van der Waals surface area contributed by atoms with Crippen LogP contribution in [0.1, 0.15) is 10.4 Å². The number of hydrogen-bond acceptors (Lipinski definition) is 3. The quantitative estimate of drug-likeness (QED) is 0.280. The molecule has 0 N–H and O–H groups in total. The third-order valence-corrected chi connectivity index (χ3v) is 4.52. The van der Waals surface area contributed by atoms with E-state index in [0.29, 0.717) is 0 Å². The minimum absolute atomic E-state index is 0.0834. The summed E-state index contributed by atoms with van der Waals surface area (Å²) in [6.07, 6.45) is 0. The molecule has 9 heteroatoms. The third kappa shape index (κ3) is 3.09. The van der Waals surface area contributed by atoms with Crippen molar-refractivity contribution in [2.45, 2.75) is 4.90 Å². The number of sulfone groups is 1. The van der Waals surface area contributed by atoms with E-state index >= 15 is 0 Å². The molecule has 0 amide bonds. The number of ketones is 1. The van der Waals surface area contributed by atoms with Gasteiger partial charge in [-0.05, 0) is 0 Å². The standard InChI is InChI=1S/C14H7F5O3S/c15-9-10(16)12(18)14(13(19)11(9)17)23(21,22)6-8(20)7-4-2-1-3-5-7/h1-5H,6H2. The zero-order valence-electron chi connectivity index (χ0n) is 11.1. The minimum Gasteiger partial charge on any atom is -0.293 e. The van der Waals surface area contributed by atoms with Crippen molar-refractivity contribution < 1.29 is 35.2 Å². The highest BCUT2D eigenvalue weighted by atomic mass is 32.2. The second-order valence-electron chi connectivity index (χ2n) is 4.45. The van der Waals surface area contributed by atoms with E-state index < -0.39 is 55.4 Å². The average Bonchev–Trinajstić information content (AvgIpc) is 2.51. The second-order valence-corrected chi connectivity index (χ2v) is 6.37. The molecule has 0 saturated heterocycles. The van der Waals surface area contributed by atoms with Crippen LogP contribution in [0.25, 0.3) is 0 Å². The van der Waals surface area contributed by atoms with Gasteiger partial charge in [-0.25, -0.2) is 30.4 Å². The monoisotopic (exact) mass is 350 g/mol. The van der Waals surface area contributed by atoms with Gasteiger partial charge in [0.1, 0.15) is 10.6 Å². The van der Waals surface area contributed by atoms with Gasteiger partial charge in [0.05, 0.1) is 0 Å². The third-order valence-electron chi connectivity index (χ3n) is 2.90. The molecule has 0 aliphatic heterocycles. The summed E-state index contributed by atoms with van der Waals surface area (Å²) < 4.78 is 90.0. The van der Waals surface area contributed by atoms with E-state index in [9.17, 15) is 35.2 Å². The lowest BCUT2D eigenvalue weighted by Crippen LogP contribution is -2.21. The van der Waals surface area contributed by atoms with E-state index in [-0.39, 0.29) is 5.56 Å². The van der Waals surface area contributed by atoms with Gasteiger partial charge in [-0.1, -0.05) is 30.3 Å². The summed E-state index contributed by atoms with van der Waals surface area (Å²) in [5, 5.41) is 0. The van der Waals surface area contributed by atoms with Gasteiger partial charge in [0.2, 0.25) is 5.82 Å². The van der Waals surface area contributed by atoms with Crippen molar-refractivity contribution in [3.05, 3.63) is 65.0 Å². The van der Waals surface area contributed by atoms with Gasteiger partial charge in [0.15, 0.2) is 38.9 Å². The maximum Gasteiger partial charge on any atom is 0.200 e. The summed E-state index contributed by atoms with van der Waals surface area (Å²) in [6.45, 7) is 0. The number of hydrogen-bond donors (Lipinski definition) is 0. The summed E-state index contributed by atoms with van der Waals surface area (Å²) in [5.41, 5.74) is -0.0834. The van der Waals surface area contributed by atoms with E-state index in [0.717, 1.165) is 0 Å². The van der Waals surface area contributed by atoms with Crippen LogP contribution in [-0.2, 0) is 9.84 Å². The first-order valence-corrected chi connectivity index (χ1v) is 7.64.